The standard InChI is InChI=1S/C10H14N2O5S/c13-10(14)5-8-7-18(15,16)4-3-12(8)6-9-1-2-11-17-9/h1-2,8H,3-7H2,(H,13,14). The molecule has 2 heterocycles. The van der Waals surface area contributed by atoms with E-state index >= 15 is 0 Å². The Kier molecular flexibility index (Phi) is 3.67. The van der Waals surface area contributed by atoms with Gasteiger partial charge in [-0.3, -0.25) is 9.69 Å². The van der Waals surface area contributed by atoms with E-state index in [1.54, 1.807) is 6.07 Å². The normalized spacial score (nSPS) is 23.9. The minimum Gasteiger partial charge on any atom is -0.481 e. The summed E-state index contributed by atoms with van der Waals surface area (Å²) in [6.07, 6.45) is 1.32. The van der Waals surface area contributed by atoms with Gasteiger partial charge in [0.05, 0.1) is 30.7 Å². The van der Waals surface area contributed by atoms with Gasteiger partial charge in [-0.05, 0) is 0 Å². The van der Waals surface area contributed by atoms with Crippen molar-refractivity contribution in [3.8, 4) is 0 Å². The van der Waals surface area contributed by atoms with Gasteiger partial charge in [0.15, 0.2) is 15.6 Å². The van der Waals surface area contributed by atoms with E-state index in [0.717, 1.165) is 0 Å². The molecule has 1 aliphatic heterocycles. The summed E-state index contributed by atoms with van der Waals surface area (Å²) in [5.74, 6) is -0.464. The van der Waals surface area contributed by atoms with Gasteiger partial charge in [-0.2, -0.15) is 0 Å². The quantitative estimate of drug-likeness (QED) is 0.807. The predicted molar refractivity (Wildman–Crippen MR) is 61.6 cm³/mol. The van der Waals surface area contributed by atoms with E-state index in [0.29, 0.717) is 18.8 Å². The Morgan fingerprint density at radius 1 is 1.61 bits per heavy atom. The minimum atomic E-state index is -3.14. The van der Waals surface area contributed by atoms with Crippen LogP contribution in [0.4, 0.5) is 0 Å². The van der Waals surface area contributed by atoms with Crippen LogP contribution in [-0.2, 0) is 21.2 Å². The summed E-state index contributed by atoms with van der Waals surface area (Å²) in [5, 5.41) is 12.4. The van der Waals surface area contributed by atoms with E-state index in [1.165, 1.54) is 6.20 Å². The van der Waals surface area contributed by atoms with E-state index in [4.69, 9.17) is 9.63 Å². The van der Waals surface area contributed by atoms with Crippen molar-refractivity contribution >= 4 is 15.8 Å². The Morgan fingerprint density at radius 3 is 3.00 bits per heavy atom. The second-order valence-electron chi connectivity index (χ2n) is 4.32. The molecule has 0 bridgehead atoms. The molecule has 7 nitrogen and oxygen atoms in total. The molecular weight excluding hydrogens is 260 g/mol. The van der Waals surface area contributed by atoms with Crippen molar-refractivity contribution in [3.63, 3.8) is 0 Å². The number of carboxylic acid groups (broad SMARTS) is 1. The number of rotatable bonds is 4. The fourth-order valence-corrected chi connectivity index (χ4v) is 3.64. The van der Waals surface area contributed by atoms with Crippen molar-refractivity contribution in [3.05, 3.63) is 18.0 Å². The van der Waals surface area contributed by atoms with Crippen LogP contribution in [0.15, 0.2) is 16.8 Å². The first-order valence-electron chi connectivity index (χ1n) is 5.52. The average Bonchev–Trinajstić information content (AvgIpc) is 2.73. The van der Waals surface area contributed by atoms with Crippen molar-refractivity contribution in [2.24, 2.45) is 0 Å². The first-order valence-corrected chi connectivity index (χ1v) is 7.34. The van der Waals surface area contributed by atoms with Crippen LogP contribution in [-0.4, -0.2) is 53.6 Å². The summed E-state index contributed by atoms with van der Waals surface area (Å²) >= 11 is 0. The Morgan fingerprint density at radius 2 is 2.39 bits per heavy atom. The van der Waals surface area contributed by atoms with Crippen LogP contribution in [0.2, 0.25) is 0 Å². The van der Waals surface area contributed by atoms with Crippen LogP contribution in [0, 0.1) is 0 Å². The average molecular weight is 274 g/mol. The highest BCUT2D eigenvalue weighted by molar-refractivity contribution is 7.91. The topological polar surface area (TPSA) is 101 Å². The SMILES string of the molecule is O=C(O)CC1CS(=O)(=O)CCN1Cc1ccno1. The second kappa shape index (κ2) is 5.07. The summed E-state index contributed by atoms with van der Waals surface area (Å²) in [6, 6.07) is 1.17. The number of aromatic nitrogens is 1. The van der Waals surface area contributed by atoms with Gasteiger partial charge < -0.3 is 9.63 Å². The van der Waals surface area contributed by atoms with Crippen LogP contribution in [0.3, 0.4) is 0 Å². The van der Waals surface area contributed by atoms with Crippen molar-refractivity contribution in [2.45, 2.75) is 19.0 Å². The Labute approximate surface area is 104 Å². The maximum Gasteiger partial charge on any atom is 0.304 e. The smallest absolute Gasteiger partial charge is 0.304 e. The van der Waals surface area contributed by atoms with Crippen LogP contribution in [0.1, 0.15) is 12.2 Å². The lowest BCUT2D eigenvalue weighted by atomic mass is 10.2. The zero-order valence-electron chi connectivity index (χ0n) is 9.65. The van der Waals surface area contributed by atoms with Gasteiger partial charge in [-0.1, -0.05) is 5.16 Å². The molecule has 100 valence electrons. The summed E-state index contributed by atoms with van der Waals surface area (Å²) in [4.78, 5) is 12.6. The molecule has 2 rings (SSSR count). The van der Waals surface area contributed by atoms with E-state index in [2.05, 4.69) is 5.16 Å². The van der Waals surface area contributed by atoms with Crippen molar-refractivity contribution in [1.29, 1.82) is 0 Å². The highest BCUT2D eigenvalue weighted by Gasteiger charge is 2.32. The predicted octanol–water partition coefficient (Wildman–Crippen LogP) is -0.252. The third-order valence-corrected chi connectivity index (χ3v) is 4.61. The molecule has 8 heteroatoms. The molecule has 1 unspecified atom stereocenters. The largest absolute Gasteiger partial charge is 0.481 e. The highest BCUT2D eigenvalue weighted by atomic mass is 32.2. The molecule has 1 N–H and O–H groups in total. The van der Waals surface area contributed by atoms with Gasteiger partial charge >= 0.3 is 5.97 Å². The lowest BCUT2D eigenvalue weighted by Gasteiger charge is -2.33. The lowest BCUT2D eigenvalue weighted by Crippen LogP contribution is -2.48. The molecule has 0 aliphatic carbocycles. The Hall–Kier alpha value is -1.41. The molecule has 1 aromatic rings. The Balaban J connectivity index is 2.09. The first kappa shape index (κ1) is 13.0. The van der Waals surface area contributed by atoms with Crippen molar-refractivity contribution < 1.29 is 22.8 Å². The zero-order chi connectivity index (χ0) is 13.2. The fourth-order valence-electron chi connectivity index (χ4n) is 2.04. The minimum absolute atomic E-state index is 0.0528. The number of aliphatic carboxylic acids is 1. The number of sulfone groups is 1. The van der Waals surface area contributed by atoms with Crippen LogP contribution in [0.5, 0.6) is 0 Å². The fraction of sp³-hybridized carbons (Fsp3) is 0.600. The third-order valence-electron chi connectivity index (χ3n) is 2.91. The summed E-state index contributed by atoms with van der Waals surface area (Å²) < 4.78 is 28.0. The van der Waals surface area contributed by atoms with Crippen molar-refractivity contribution in [1.82, 2.24) is 10.1 Å². The number of carbonyl (C=O) groups is 1. The zero-order valence-corrected chi connectivity index (χ0v) is 10.5. The molecule has 0 saturated carbocycles. The molecule has 1 aliphatic rings. The van der Waals surface area contributed by atoms with Gasteiger partial charge in [0.25, 0.3) is 0 Å². The number of carboxylic acids is 1. The van der Waals surface area contributed by atoms with E-state index < -0.39 is 21.8 Å². The molecule has 1 atom stereocenters. The molecule has 0 aromatic carbocycles. The summed E-state index contributed by atoms with van der Waals surface area (Å²) in [6.45, 7) is 0.703. The monoisotopic (exact) mass is 274 g/mol. The van der Waals surface area contributed by atoms with Gasteiger partial charge in [0, 0.05) is 18.7 Å². The second-order valence-corrected chi connectivity index (χ2v) is 6.54. The highest BCUT2D eigenvalue weighted by Crippen LogP contribution is 2.17. The van der Waals surface area contributed by atoms with Crippen LogP contribution >= 0.6 is 0 Å². The molecule has 18 heavy (non-hydrogen) atoms. The molecule has 0 radical (unpaired) electrons. The molecule has 0 amide bonds. The maximum absolute atomic E-state index is 11.5. The number of nitrogens with zero attached hydrogens (tertiary/aromatic N) is 2. The number of hydrogen-bond acceptors (Lipinski definition) is 6. The van der Waals surface area contributed by atoms with Gasteiger partial charge in [0.2, 0.25) is 0 Å². The molecule has 1 saturated heterocycles. The maximum atomic E-state index is 11.5. The number of hydrogen-bond donors (Lipinski definition) is 1. The lowest BCUT2D eigenvalue weighted by molar-refractivity contribution is -0.138. The molecule has 1 fully saturated rings. The third kappa shape index (κ3) is 3.30. The van der Waals surface area contributed by atoms with Gasteiger partial charge in [0.1, 0.15) is 0 Å². The summed E-state index contributed by atoms with van der Waals surface area (Å²) in [7, 11) is -3.14. The van der Waals surface area contributed by atoms with E-state index in [-0.39, 0.29) is 17.9 Å². The van der Waals surface area contributed by atoms with Crippen LogP contribution in [0.25, 0.3) is 0 Å². The molecule has 0 spiro atoms. The van der Waals surface area contributed by atoms with E-state index in [9.17, 15) is 13.2 Å². The molecular formula is C10H14N2O5S. The van der Waals surface area contributed by atoms with Gasteiger partial charge in [-0.15, -0.1) is 0 Å². The molecule has 1 aromatic heterocycles. The van der Waals surface area contributed by atoms with Gasteiger partial charge in [-0.25, -0.2) is 8.42 Å². The summed E-state index contributed by atoms with van der Waals surface area (Å²) in [5.41, 5.74) is 0. The Bertz CT molecular complexity index is 510. The van der Waals surface area contributed by atoms with E-state index in [1.807, 2.05) is 4.90 Å². The van der Waals surface area contributed by atoms with Crippen LogP contribution < -0.4 is 0 Å². The van der Waals surface area contributed by atoms with Crippen molar-refractivity contribution in [2.75, 3.05) is 18.1 Å². The first-order chi connectivity index (χ1) is 8.46.